The average molecular weight is 292 g/mol. The van der Waals surface area contributed by atoms with E-state index in [0.717, 1.165) is 11.3 Å². The number of urea groups is 1. The highest BCUT2D eigenvalue weighted by Gasteiger charge is 2.07. The van der Waals surface area contributed by atoms with Crippen molar-refractivity contribution in [1.29, 1.82) is 0 Å². The fourth-order valence-electron chi connectivity index (χ4n) is 2.14. The average Bonchev–Trinajstić information content (AvgIpc) is 3.09. The van der Waals surface area contributed by atoms with Crippen LogP contribution in [-0.2, 0) is 6.54 Å². The van der Waals surface area contributed by atoms with Crippen LogP contribution in [0.2, 0.25) is 0 Å². The number of para-hydroxylation sites is 2. The molecule has 0 radical (unpaired) electrons. The minimum absolute atomic E-state index is 0.247. The molecule has 0 spiro atoms. The number of nitrogens with one attached hydrogen (secondary N) is 2. The Labute approximate surface area is 128 Å². The highest BCUT2D eigenvalue weighted by atomic mass is 16.2. The van der Waals surface area contributed by atoms with Gasteiger partial charge in [-0.05, 0) is 23.8 Å². The van der Waals surface area contributed by atoms with E-state index in [1.807, 2.05) is 66.9 Å². The number of aromatic nitrogens is 2. The number of amides is 2. The van der Waals surface area contributed by atoms with Gasteiger partial charge in [0.15, 0.2) is 0 Å². The SMILES string of the molecule is O=C(NCc1ccccc1)Nc1ccccc1-n1cccn1. The standard InChI is InChI=1S/C17H16N4O/c22-17(18-13-14-7-2-1-3-8-14)20-15-9-4-5-10-16(15)21-12-6-11-19-21/h1-12H,13H2,(H2,18,20,22). The Kier molecular flexibility index (Phi) is 4.15. The van der Waals surface area contributed by atoms with Gasteiger partial charge in [0, 0.05) is 18.9 Å². The molecule has 5 nitrogen and oxygen atoms in total. The van der Waals surface area contributed by atoms with E-state index in [-0.39, 0.29) is 6.03 Å². The molecule has 22 heavy (non-hydrogen) atoms. The summed E-state index contributed by atoms with van der Waals surface area (Å²) in [6.45, 7) is 0.483. The quantitative estimate of drug-likeness (QED) is 0.776. The summed E-state index contributed by atoms with van der Waals surface area (Å²) < 4.78 is 1.72. The third kappa shape index (κ3) is 3.32. The molecule has 0 aliphatic carbocycles. The van der Waals surface area contributed by atoms with Crippen molar-refractivity contribution >= 4 is 11.7 Å². The first-order valence-electron chi connectivity index (χ1n) is 7.01. The number of carbonyl (C=O) groups excluding carboxylic acids is 1. The Morgan fingerprint density at radius 2 is 1.77 bits per heavy atom. The summed E-state index contributed by atoms with van der Waals surface area (Å²) in [5, 5.41) is 9.89. The van der Waals surface area contributed by atoms with E-state index < -0.39 is 0 Å². The van der Waals surface area contributed by atoms with E-state index in [0.29, 0.717) is 12.2 Å². The van der Waals surface area contributed by atoms with Crippen LogP contribution in [0.4, 0.5) is 10.5 Å². The zero-order valence-electron chi connectivity index (χ0n) is 11.9. The maximum Gasteiger partial charge on any atom is 0.319 e. The number of hydrogen-bond acceptors (Lipinski definition) is 2. The lowest BCUT2D eigenvalue weighted by molar-refractivity contribution is 0.251. The number of nitrogens with zero attached hydrogens (tertiary/aromatic N) is 2. The van der Waals surface area contributed by atoms with Crippen LogP contribution in [0.25, 0.3) is 5.69 Å². The van der Waals surface area contributed by atoms with E-state index in [1.54, 1.807) is 10.9 Å². The molecule has 1 heterocycles. The van der Waals surface area contributed by atoms with Crippen molar-refractivity contribution in [1.82, 2.24) is 15.1 Å². The molecule has 2 aromatic carbocycles. The number of carbonyl (C=O) groups is 1. The van der Waals surface area contributed by atoms with Gasteiger partial charge in [-0.25, -0.2) is 9.48 Å². The Morgan fingerprint density at radius 1 is 1.00 bits per heavy atom. The molecule has 0 saturated heterocycles. The van der Waals surface area contributed by atoms with Crippen molar-refractivity contribution < 1.29 is 4.79 Å². The van der Waals surface area contributed by atoms with Crippen LogP contribution in [0.1, 0.15) is 5.56 Å². The molecule has 3 rings (SSSR count). The van der Waals surface area contributed by atoms with Gasteiger partial charge in [0.2, 0.25) is 0 Å². The summed E-state index contributed by atoms with van der Waals surface area (Å²) in [5.41, 5.74) is 2.58. The Balaban J connectivity index is 1.67. The molecule has 0 saturated carbocycles. The van der Waals surface area contributed by atoms with Gasteiger partial charge in [0.25, 0.3) is 0 Å². The second-order valence-corrected chi connectivity index (χ2v) is 4.76. The molecule has 1 aromatic heterocycles. The lowest BCUT2D eigenvalue weighted by Gasteiger charge is -2.12. The van der Waals surface area contributed by atoms with Crippen molar-refractivity contribution in [3.63, 3.8) is 0 Å². The third-order valence-electron chi connectivity index (χ3n) is 3.20. The second kappa shape index (κ2) is 6.58. The number of benzene rings is 2. The van der Waals surface area contributed by atoms with Crippen molar-refractivity contribution in [3.8, 4) is 5.69 Å². The Morgan fingerprint density at radius 3 is 2.55 bits per heavy atom. The van der Waals surface area contributed by atoms with Gasteiger partial charge in [0.05, 0.1) is 11.4 Å². The van der Waals surface area contributed by atoms with Crippen LogP contribution < -0.4 is 10.6 Å². The van der Waals surface area contributed by atoms with Gasteiger partial charge in [-0.2, -0.15) is 5.10 Å². The predicted octanol–water partition coefficient (Wildman–Crippen LogP) is 3.19. The third-order valence-corrected chi connectivity index (χ3v) is 3.20. The van der Waals surface area contributed by atoms with Gasteiger partial charge < -0.3 is 10.6 Å². The molecule has 2 N–H and O–H groups in total. The molecule has 0 aliphatic rings. The summed E-state index contributed by atoms with van der Waals surface area (Å²) in [6, 6.07) is 18.9. The molecular formula is C17H16N4O. The molecule has 0 bridgehead atoms. The fraction of sp³-hybridized carbons (Fsp3) is 0.0588. The maximum absolute atomic E-state index is 12.1. The summed E-state index contributed by atoms with van der Waals surface area (Å²) in [6.07, 6.45) is 3.54. The van der Waals surface area contributed by atoms with Gasteiger partial charge in [0.1, 0.15) is 0 Å². The Bertz CT molecular complexity index is 738. The lowest BCUT2D eigenvalue weighted by atomic mass is 10.2. The monoisotopic (exact) mass is 292 g/mol. The molecule has 0 atom stereocenters. The summed E-state index contributed by atoms with van der Waals surface area (Å²) in [5.74, 6) is 0. The highest BCUT2D eigenvalue weighted by Crippen LogP contribution is 2.18. The number of hydrogen-bond donors (Lipinski definition) is 2. The van der Waals surface area contributed by atoms with Crippen LogP contribution in [0.3, 0.4) is 0 Å². The molecule has 2 amide bonds. The number of rotatable bonds is 4. The topological polar surface area (TPSA) is 59.0 Å². The minimum Gasteiger partial charge on any atom is -0.334 e. The molecular weight excluding hydrogens is 276 g/mol. The maximum atomic E-state index is 12.1. The van der Waals surface area contributed by atoms with Crippen LogP contribution in [-0.4, -0.2) is 15.8 Å². The molecule has 0 fully saturated rings. The first kappa shape index (κ1) is 13.9. The Hall–Kier alpha value is -3.08. The highest BCUT2D eigenvalue weighted by molar-refractivity contribution is 5.91. The largest absolute Gasteiger partial charge is 0.334 e. The molecule has 0 aliphatic heterocycles. The number of anilines is 1. The van der Waals surface area contributed by atoms with E-state index in [9.17, 15) is 4.79 Å². The normalized spacial score (nSPS) is 10.2. The molecule has 3 aromatic rings. The van der Waals surface area contributed by atoms with E-state index in [4.69, 9.17) is 0 Å². The van der Waals surface area contributed by atoms with Crippen LogP contribution in [0.15, 0.2) is 73.1 Å². The molecule has 110 valence electrons. The van der Waals surface area contributed by atoms with Crippen molar-refractivity contribution in [2.45, 2.75) is 6.54 Å². The minimum atomic E-state index is -0.247. The van der Waals surface area contributed by atoms with Crippen LogP contribution >= 0.6 is 0 Å². The van der Waals surface area contributed by atoms with E-state index >= 15 is 0 Å². The van der Waals surface area contributed by atoms with Crippen molar-refractivity contribution in [2.75, 3.05) is 5.32 Å². The van der Waals surface area contributed by atoms with Gasteiger partial charge in [-0.3, -0.25) is 0 Å². The first-order valence-corrected chi connectivity index (χ1v) is 7.01. The smallest absolute Gasteiger partial charge is 0.319 e. The van der Waals surface area contributed by atoms with Gasteiger partial charge >= 0.3 is 6.03 Å². The van der Waals surface area contributed by atoms with Gasteiger partial charge in [-0.15, -0.1) is 0 Å². The van der Waals surface area contributed by atoms with Crippen LogP contribution in [0, 0.1) is 0 Å². The lowest BCUT2D eigenvalue weighted by Crippen LogP contribution is -2.28. The summed E-state index contributed by atoms with van der Waals surface area (Å²) in [7, 11) is 0. The van der Waals surface area contributed by atoms with E-state index in [1.165, 1.54) is 0 Å². The van der Waals surface area contributed by atoms with Crippen molar-refractivity contribution in [2.24, 2.45) is 0 Å². The molecule has 5 heteroatoms. The van der Waals surface area contributed by atoms with E-state index in [2.05, 4.69) is 15.7 Å². The van der Waals surface area contributed by atoms with Gasteiger partial charge in [-0.1, -0.05) is 42.5 Å². The summed E-state index contributed by atoms with van der Waals surface area (Å²) >= 11 is 0. The zero-order valence-corrected chi connectivity index (χ0v) is 11.9. The summed E-state index contributed by atoms with van der Waals surface area (Å²) in [4.78, 5) is 12.1. The molecule has 0 unspecified atom stereocenters. The second-order valence-electron chi connectivity index (χ2n) is 4.76. The fourth-order valence-corrected chi connectivity index (χ4v) is 2.14. The first-order chi connectivity index (χ1) is 10.8. The zero-order chi connectivity index (χ0) is 15.2. The van der Waals surface area contributed by atoms with Crippen LogP contribution in [0.5, 0.6) is 0 Å². The predicted molar refractivity (Wildman–Crippen MR) is 85.9 cm³/mol. The van der Waals surface area contributed by atoms with Crippen molar-refractivity contribution in [3.05, 3.63) is 78.6 Å².